The van der Waals surface area contributed by atoms with Crippen molar-refractivity contribution in [3.63, 3.8) is 0 Å². The minimum atomic E-state index is -1.03. The third-order valence-electron chi connectivity index (χ3n) is 4.44. The van der Waals surface area contributed by atoms with Gasteiger partial charge in [0.15, 0.2) is 5.13 Å². The molecular formula is C14H22N4O2S. The zero-order chi connectivity index (χ0) is 14.8. The molecule has 3 N–H and O–H groups in total. The lowest BCUT2D eigenvalue weighted by Crippen LogP contribution is -2.40. The lowest BCUT2D eigenvalue weighted by molar-refractivity contribution is -0.138. The van der Waals surface area contributed by atoms with Crippen molar-refractivity contribution >= 4 is 22.4 Å². The van der Waals surface area contributed by atoms with Crippen LogP contribution in [0.15, 0.2) is 5.38 Å². The molecule has 2 atom stereocenters. The van der Waals surface area contributed by atoms with Crippen molar-refractivity contribution < 1.29 is 9.90 Å². The number of anilines is 1. The van der Waals surface area contributed by atoms with Gasteiger partial charge in [0.2, 0.25) is 0 Å². The van der Waals surface area contributed by atoms with Gasteiger partial charge in [0, 0.05) is 24.5 Å². The van der Waals surface area contributed by atoms with E-state index in [4.69, 9.17) is 10.8 Å². The van der Waals surface area contributed by atoms with Gasteiger partial charge < -0.3 is 15.7 Å². The highest BCUT2D eigenvalue weighted by atomic mass is 32.1. The van der Waals surface area contributed by atoms with E-state index in [-0.39, 0.29) is 0 Å². The fourth-order valence-electron chi connectivity index (χ4n) is 3.19. The molecule has 21 heavy (non-hydrogen) atoms. The largest absolute Gasteiger partial charge is 0.480 e. The Balaban J connectivity index is 1.62. The summed E-state index contributed by atoms with van der Waals surface area (Å²) in [6.45, 7) is 4.42. The molecule has 0 spiro atoms. The van der Waals surface area contributed by atoms with Gasteiger partial charge in [0.1, 0.15) is 6.04 Å². The molecule has 116 valence electrons. The molecule has 2 unspecified atom stereocenters. The normalized spacial score (nSPS) is 25.2. The molecule has 0 bridgehead atoms. The van der Waals surface area contributed by atoms with E-state index >= 15 is 0 Å². The fraction of sp³-hybridized carbons (Fsp3) is 0.714. The number of carboxylic acid groups (broad SMARTS) is 1. The molecule has 2 fully saturated rings. The van der Waals surface area contributed by atoms with E-state index in [0.717, 1.165) is 18.2 Å². The standard InChI is InChI=1S/C14H22N4O2S/c15-12(13(19)20)11-9-21-14(16-11)18-7-4-10(8-18)17-5-2-1-3-6-17/h9-10,12H,1-8,15H2,(H,19,20). The highest BCUT2D eigenvalue weighted by Crippen LogP contribution is 2.29. The maximum Gasteiger partial charge on any atom is 0.326 e. The molecule has 6 nitrogen and oxygen atoms in total. The van der Waals surface area contributed by atoms with Gasteiger partial charge >= 0.3 is 5.97 Å². The van der Waals surface area contributed by atoms with Crippen LogP contribution in [0.25, 0.3) is 0 Å². The van der Waals surface area contributed by atoms with E-state index in [9.17, 15) is 4.79 Å². The minimum absolute atomic E-state index is 0.462. The average Bonchev–Trinajstić information content (AvgIpc) is 3.16. The quantitative estimate of drug-likeness (QED) is 0.872. The number of nitrogens with two attached hydrogens (primary N) is 1. The summed E-state index contributed by atoms with van der Waals surface area (Å²) in [4.78, 5) is 20.2. The molecule has 1 aromatic rings. The van der Waals surface area contributed by atoms with Gasteiger partial charge in [-0.15, -0.1) is 11.3 Å². The first-order valence-corrected chi connectivity index (χ1v) is 8.46. The number of carboxylic acids is 1. The molecule has 2 saturated heterocycles. The van der Waals surface area contributed by atoms with Gasteiger partial charge in [-0.05, 0) is 32.4 Å². The van der Waals surface area contributed by atoms with Crippen LogP contribution in [-0.2, 0) is 4.79 Å². The Morgan fingerprint density at radius 3 is 2.86 bits per heavy atom. The number of aromatic nitrogens is 1. The van der Waals surface area contributed by atoms with Crippen LogP contribution in [-0.4, -0.2) is 53.2 Å². The van der Waals surface area contributed by atoms with Crippen LogP contribution in [0.3, 0.4) is 0 Å². The number of thiazole rings is 1. The summed E-state index contributed by atoms with van der Waals surface area (Å²) < 4.78 is 0. The summed E-state index contributed by atoms with van der Waals surface area (Å²) in [5.41, 5.74) is 6.07. The van der Waals surface area contributed by atoms with E-state index in [1.54, 1.807) is 5.38 Å². The first-order chi connectivity index (χ1) is 10.1. The Labute approximate surface area is 128 Å². The number of hydrogen-bond acceptors (Lipinski definition) is 6. The van der Waals surface area contributed by atoms with Crippen molar-refractivity contribution in [1.29, 1.82) is 0 Å². The summed E-state index contributed by atoms with van der Waals surface area (Å²) in [6.07, 6.45) is 5.15. The Bertz CT molecular complexity index is 501. The topological polar surface area (TPSA) is 82.7 Å². The summed E-state index contributed by atoms with van der Waals surface area (Å²) in [7, 11) is 0. The lowest BCUT2D eigenvalue weighted by atomic mass is 10.1. The molecule has 0 radical (unpaired) electrons. The number of likely N-dealkylation sites (tertiary alicyclic amines) is 1. The number of piperidine rings is 1. The molecule has 7 heteroatoms. The second-order valence-electron chi connectivity index (χ2n) is 5.86. The van der Waals surface area contributed by atoms with Gasteiger partial charge in [-0.25, -0.2) is 4.98 Å². The highest BCUT2D eigenvalue weighted by Gasteiger charge is 2.30. The molecule has 0 amide bonds. The second-order valence-corrected chi connectivity index (χ2v) is 6.69. The summed E-state index contributed by atoms with van der Waals surface area (Å²) >= 11 is 1.49. The molecule has 0 aromatic carbocycles. The number of hydrogen-bond donors (Lipinski definition) is 2. The Morgan fingerprint density at radius 1 is 1.38 bits per heavy atom. The van der Waals surface area contributed by atoms with Gasteiger partial charge in [-0.3, -0.25) is 9.69 Å². The molecule has 2 aliphatic rings. The van der Waals surface area contributed by atoms with E-state index in [1.807, 2.05) is 0 Å². The zero-order valence-electron chi connectivity index (χ0n) is 12.1. The molecule has 0 aliphatic carbocycles. The van der Waals surface area contributed by atoms with Crippen molar-refractivity contribution in [2.75, 3.05) is 31.1 Å². The van der Waals surface area contributed by atoms with E-state index in [0.29, 0.717) is 11.7 Å². The molecule has 1 aromatic heterocycles. The SMILES string of the molecule is NC(C(=O)O)c1csc(N2CCC(N3CCCCC3)C2)n1. The van der Waals surface area contributed by atoms with E-state index in [1.165, 1.54) is 50.1 Å². The molecule has 2 aliphatic heterocycles. The maximum absolute atomic E-state index is 10.9. The van der Waals surface area contributed by atoms with Crippen molar-refractivity contribution in [2.45, 2.75) is 37.8 Å². The molecular weight excluding hydrogens is 288 g/mol. The Hall–Kier alpha value is -1.18. The van der Waals surface area contributed by atoms with Gasteiger partial charge in [0.25, 0.3) is 0 Å². The monoisotopic (exact) mass is 310 g/mol. The minimum Gasteiger partial charge on any atom is -0.480 e. The van der Waals surface area contributed by atoms with E-state index < -0.39 is 12.0 Å². The highest BCUT2D eigenvalue weighted by molar-refractivity contribution is 7.13. The van der Waals surface area contributed by atoms with Crippen molar-refractivity contribution in [3.05, 3.63) is 11.1 Å². The van der Waals surface area contributed by atoms with Gasteiger partial charge in [-0.1, -0.05) is 6.42 Å². The smallest absolute Gasteiger partial charge is 0.326 e. The van der Waals surface area contributed by atoms with Crippen LogP contribution in [0.2, 0.25) is 0 Å². The predicted octanol–water partition coefficient (Wildman–Crippen LogP) is 1.29. The molecule has 3 heterocycles. The number of nitrogens with zero attached hydrogens (tertiary/aromatic N) is 3. The third kappa shape index (κ3) is 3.20. The fourth-order valence-corrected chi connectivity index (χ4v) is 4.09. The third-order valence-corrected chi connectivity index (χ3v) is 5.36. The van der Waals surface area contributed by atoms with Crippen LogP contribution < -0.4 is 10.6 Å². The van der Waals surface area contributed by atoms with Gasteiger partial charge in [0.05, 0.1) is 5.69 Å². The summed E-state index contributed by atoms with van der Waals surface area (Å²) in [5, 5.41) is 11.6. The number of rotatable bonds is 4. The maximum atomic E-state index is 10.9. The Kier molecular flexibility index (Phi) is 4.42. The summed E-state index contributed by atoms with van der Waals surface area (Å²) in [6, 6.07) is -0.402. The van der Waals surface area contributed by atoms with Gasteiger partial charge in [-0.2, -0.15) is 0 Å². The van der Waals surface area contributed by atoms with Crippen LogP contribution in [0, 0.1) is 0 Å². The van der Waals surface area contributed by atoms with E-state index in [2.05, 4.69) is 14.8 Å². The van der Waals surface area contributed by atoms with Crippen molar-refractivity contribution in [2.24, 2.45) is 5.73 Å². The van der Waals surface area contributed by atoms with Crippen molar-refractivity contribution in [3.8, 4) is 0 Å². The first-order valence-electron chi connectivity index (χ1n) is 7.58. The summed E-state index contributed by atoms with van der Waals surface area (Å²) in [5.74, 6) is -1.03. The zero-order valence-corrected chi connectivity index (χ0v) is 12.9. The van der Waals surface area contributed by atoms with Crippen molar-refractivity contribution in [1.82, 2.24) is 9.88 Å². The first kappa shape index (κ1) is 14.7. The lowest BCUT2D eigenvalue weighted by Gasteiger charge is -2.32. The number of carbonyl (C=O) groups is 1. The second kappa shape index (κ2) is 6.29. The van der Waals surface area contributed by atoms with Crippen LogP contribution in [0.4, 0.5) is 5.13 Å². The predicted molar refractivity (Wildman–Crippen MR) is 82.7 cm³/mol. The van der Waals surface area contributed by atoms with Crippen LogP contribution in [0.5, 0.6) is 0 Å². The number of aliphatic carboxylic acids is 1. The van der Waals surface area contributed by atoms with Crippen LogP contribution in [0.1, 0.15) is 37.4 Å². The average molecular weight is 310 g/mol. The molecule has 3 rings (SSSR count). The van der Waals surface area contributed by atoms with Crippen LogP contribution >= 0.6 is 11.3 Å². The molecule has 0 saturated carbocycles. The Morgan fingerprint density at radius 2 is 2.14 bits per heavy atom.